The number of aliphatic hydroxyl groups is 1. The Bertz CT molecular complexity index is 408. The van der Waals surface area contributed by atoms with E-state index in [1.54, 1.807) is 5.01 Å². The first-order valence-electron chi connectivity index (χ1n) is 5.61. The predicted octanol–water partition coefficient (Wildman–Crippen LogP) is -1.56. The van der Waals surface area contributed by atoms with Gasteiger partial charge in [0, 0.05) is 13.2 Å². The Balaban J connectivity index is 1.69. The van der Waals surface area contributed by atoms with Crippen LogP contribution in [0.2, 0.25) is 0 Å². The first kappa shape index (κ1) is 10.5. The first-order chi connectivity index (χ1) is 8.19. The highest BCUT2D eigenvalue weighted by Gasteiger charge is 2.45. The van der Waals surface area contributed by atoms with Crippen LogP contribution in [0.4, 0.5) is 0 Å². The maximum Gasteiger partial charge on any atom is 0.257 e. The number of aliphatic hydroxyl groups excluding tert-OH is 1. The third-order valence-electron chi connectivity index (χ3n) is 3.40. The van der Waals surface area contributed by atoms with E-state index in [2.05, 4.69) is 20.6 Å². The number of amides is 1. The Labute approximate surface area is 97.6 Å². The van der Waals surface area contributed by atoms with Gasteiger partial charge in [0.05, 0.1) is 0 Å². The fraction of sp³-hybridized carbons (Fsp3) is 0.778. The summed E-state index contributed by atoms with van der Waals surface area (Å²) in [5.41, 5.74) is 5.51. The van der Waals surface area contributed by atoms with Crippen molar-refractivity contribution in [1.29, 1.82) is 0 Å². The zero-order chi connectivity index (χ0) is 12.0. The van der Waals surface area contributed by atoms with E-state index in [1.165, 1.54) is 0 Å². The van der Waals surface area contributed by atoms with Crippen LogP contribution in [0, 0.1) is 11.8 Å². The lowest BCUT2D eigenvalue weighted by atomic mass is 10.2. The van der Waals surface area contributed by atoms with Crippen molar-refractivity contribution in [3.8, 4) is 0 Å². The summed E-state index contributed by atoms with van der Waals surface area (Å²) >= 11 is 0. The van der Waals surface area contributed by atoms with Gasteiger partial charge in [-0.1, -0.05) is 5.22 Å². The van der Waals surface area contributed by atoms with E-state index in [0.29, 0.717) is 18.4 Å². The Morgan fingerprint density at radius 1 is 1.53 bits per heavy atom. The molecule has 3 rings (SSSR count). The lowest BCUT2D eigenvalue weighted by molar-refractivity contribution is -0.122. The lowest BCUT2D eigenvalue weighted by Gasteiger charge is -2.25. The van der Waals surface area contributed by atoms with Crippen molar-refractivity contribution in [1.82, 2.24) is 10.3 Å². The summed E-state index contributed by atoms with van der Waals surface area (Å²) in [6.07, 6.45) is 0.578. The minimum Gasteiger partial charge on any atom is -0.396 e. The summed E-state index contributed by atoms with van der Waals surface area (Å²) in [5.74, 6) is 0.619. The summed E-state index contributed by atoms with van der Waals surface area (Å²) in [7, 11) is 0. The van der Waals surface area contributed by atoms with E-state index >= 15 is 0 Å². The van der Waals surface area contributed by atoms with Gasteiger partial charge in [-0.25, -0.2) is 4.99 Å². The highest BCUT2D eigenvalue weighted by Crippen LogP contribution is 2.39. The molecule has 0 aromatic carbocycles. The van der Waals surface area contributed by atoms with Crippen molar-refractivity contribution in [2.24, 2.45) is 32.9 Å². The Morgan fingerprint density at radius 3 is 3.06 bits per heavy atom. The van der Waals surface area contributed by atoms with Crippen molar-refractivity contribution in [3.05, 3.63) is 0 Å². The van der Waals surface area contributed by atoms with Crippen LogP contribution < -0.4 is 11.1 Å². The number of carbonyl (C=O) groups is 1. The molecule has 2 aliphatic heterocycles. The SMILES string of the molecule is NC1=NC2C(N=NN2C[C@H]2C[C@H]2CO)C(=O)N1. The molecule has 0 saturated heterocycles. The fourth-order valence-corrected chi connectivity index (χ4v) is 2.24. The van der Waals surface area contributed by atoms with Gasteiger partial charge < -0.3 is 10.8 Å². The number of rotatable bonds is 3. The second kappa shape index (κ2) is 3.66. The van der Waals surface area contributed by atoms with Gasteiger partial charge in [0.15, 0.2) is 18.2 Å². The molecule has 92 valence electrons. The van der Waals surface area contributed by atoms with E-state index < -0.39 is 12.2 Å². The molecular formula is C9H14N6O2. The van der Waals surface area contributed by atoms with Gasteiger partial charge in [-0.15, -0.1) is 0 Å². The Hall–Kier alpha value is -1.70. The van der Waals surface area contributed by atoms with Gasteiger partial charge in [-0.2, -0.15) is 5.11 Å². The zero-order valence-electron chi connectivity index (χ0n) is 9.15. The molecule has 1 fully saturated rings. The number of nitrogens with one attached hydrogen (secondary N) is 1. The van der Waals surface area contributed by atoms with E-state index in [0.717, 1.165) is 6.42 Å². The Morgan fingerprint density at radius 2 is 2.35 bits per heavy atom. The average Bonchev–Trinajstić information content (AvgIpc) is 2.92. The molecule has 0 bridgehead atoms. The first-order valence-corrected chi connectivity index (χ1v) is 5.61. The maximum absolute atomic E-state index is 11.6. The van der Waals surface area contributed by atoms with Crippen LogP contribution in [0.5, 0.6) is 0 Å². The number of guanidine groups is 1. The quantitative estimate of drug-likeness (QED) is 0.551. The summed E-state index contributed by atoms with van der Waals surface area (Å²) in [5, 5.41) is 21.0. The largest absolute Gasteiger partial charge is 0.396 e. The molecular weight excluding hydrogens is 224 g/mol. The molecule has 0 spiro atoms. The van der Waals surface area contributed by atoms with Crippen molar-refractivity contribution >= 4 is 11.9 Å². The molecule has 4 N–H and O–H groups in total. The fourth-order valence-electron chi connectivity index (χ4n) is 2.24. The standard InChI is InChI=1S/C9H14N6O2/c10-9-11-7-6(8(17)12-9)13-14-15(7)2-4-1-5(4)3-16/h4-7,16H,1-3H2,(H3,10,11,12,17)/t4-,5+,6?,7?/m1/s1. The summed E-state index contributed by atoms with van der Waals surface area (Å²) in [6.45, 7) is 0.871. The number of carbonyl (C=O) groups excluding carboxylic acids is 1. The molecule has 8 nitrogen and oxygen atoms in total. The predicted molar refractivity (Wildman–Crippen MR) is 57.6 cm³/mol. The van der Waals surface area contributed by atoms with Gasteiger partial charge in [0.2, 0.25) is 0 Å². The van der Waals surface area contributed by atoms with E-state index in [9.17, 15) is 4.79 Å². The minimum atomic E-state index is -0.589. The molecule has 2 heterocycles. The average molecular weight is 238 g/mol. The molecule has 3 aliphatic rings. The number of fused-ring (bicyclic) bond motifs is 1. The molecule has 1 amide bonds. The monoisotopic (exact) mass is 238 g/mol. The third-order valence-corrected chi connectivity index (χ3v) is 3.40. The zero-order valence-corrected chi connectivity index (χ0v) is 9.15. The van der Waals surface area contributed by atoms with Gasteiger partial charge in [-0.3, -0.25) is 15.1 Å². The van der Waals surface area contributed by atoms with Gasteiger partial charge in [0.1, 0.15) is 0 Å². The molecule has 0 radical (unpaired) electrons. The van der Waals surface area contributed by atoms with Crippen LogP contribution in [0.25, 0.3) is 0 Å². The summed E-state index contributed by atoms with van der Waals surface area (Å²) in [6, 6.07) is -0.589. The molecule has 0 aromatic rings. The van der Waals surface area contributed by atoms with Crippen molar-refractivity contribution in [2.75, 3.05) is 13.2 Å². The van der Waals surface area contributed by atoms with Gasteiger partial charge in [0.25, 0.3) is 5.91 Å². The van der Waals surface area contributed by atoms with Crippen LogP contribution >= 0.6 is 0 Å². The van der Waals surface area contributed by atoms with Crippen LogP contribution in [0.3, 0.4) is 0 Å². The number of nitrogens with two attached hydrogens (primary N) is 1. The molecule has 1 saturated carbocycles. The lowest BCUT2D eigenvalue weighted by Crippen LogP contribution is -2.53. The van der Waals surface area contributed by atoms with Crippen LogP contribution in [-0.4, -0.2) is 47.3 Å². The van der Waals surface area contributed by atoms with Crippen LogP contribution in [0.1, 0.15) is 6.42 Å². The van der Waals surface area contributed by atoms with Crippen molar-refractivity contribution < 1.29 is 9.90 Å². The molecule has 1 aliphatic carbocycles. The van der Waals surface area contributed by atoms with E-state index in [-0.39, 0.29) is 18.5 Å². The summed E-state index contributed by atoms with van der Waals surface area (Å²) < 4.78 is 0. The maximum atomic E-state index is 11.6. The molecule has 8 heteroatoms. The molecule has 0 aromatic heterocycles. The van der Waals surface area contributed by atoms with Crippen molar-refractivity contribution in [2.45, 2.75) is 18.6 Å². The molecule has 17 heavy (non-hydrogen) atoms. The minimum absolute atomic E-state index is 0.114. The third kappa shape index (κ3) is 1.74. The van der Waals surface area contributed by atoms with E-state index in [1.807, 2.05) is 0 Å². The number of aliphatic imine (C=N–C) groups is 1. The van der Waals surface area contributed by atoms with Gasteiger partial charge in [-0.05, 0) is 18.3 Å². The second-order valence-electron chi connectivity index (χ2n) is 4.63. The highest BCUT2D eigenvalue weighted by molar-refractivity contribution is 6.01. The topological polar surface area (TPSA) is 116 Å². The Kier molecular flexibility index (Phi) is 2.25. The highest BCUT2D eigenvalue weighted by atomic mass is 16.3. The summed E-state index contributed by atoms with van der Waals surface area (Å²) in [4.78, 5) is 15.7. The molecule has 2 unspecified atom stereocenters. The normalized spacial score (nSPS) is 38.8. The van der Waals surface area contributed by atoms with Crippen molar-refractivity contribution in [3.63, 3.8) is 0 Å². The second-order valence-corrected chi connectivity index (χ2v) is 4.63. The number of hydrogen-bond acceptors (Lipinski definition) is 7. The number of nitrogens with zero attached hydrogens (tertiary/aromatic N) is 4. The van der Waals surface area contributed by atoms with Crippen LogP contribution in [-0.2, 0) is 4.79 Å². The molecule has 4 atom stereocenters. The van der Waals surface area contributed by atoms with Gasteiger partial charge >= 0.3 is 0 Å². The van der Waals surface area contributed by atoms with E-state index in [4.69, 9.17) is 10.8 Å². The number of hydrogen-bond donors (Lipinski definition) is 3. The smallest absolute Gasteiger partial charge is 0.257 e. The van der Waals surface area contributed by atoms with Crippen LogP contribution in [0.15, 0.2) is 15.3 Å².